The molecule has 3 rings (SSSR count). The van der Waals surface area contributed by atoms with Crippen molar-refractivity contribution >= 4 is 5.91 Å². The summed E-state index contributed by atoms with van der Waals surface area (Å²) in [6, 6.07) is 8.93. The lowest BCUT2D eigenvalue weighted by Crippen LogP contribution is -2.27. The molecule has 0 saturated carbocycles. The standard InChI is InChI=1S/C22H27N3O5/c1-13-10-16(14(2)30-13)20(26)8-9-23-22(27)19-12-18(24-25(19)3)17-11-15(28-4)6-7-21(17)29-5/h6-7,10-12,20,26H,8-9H2,1-5H3,(H,23,27). The summed E-state index contributed by atoms with van der Waals surface area (Å²) >= 11 is 0. The zero-order valence-electron chi connectivity index (χ0n) is 17.9. The Morgan fingerprint density at radius 1 is 1.23 bits per heavy atom. The highest BCUT2D eigenvalue weighted by Crippen LogP contribution is 2.33. The highest BCUT2D eigenvalue weighted by Gasteiger charge is 2.19. The van der Waals surface area contributed by atoms with Gasteiger partial charge in [0.25, 0.3) is 5.91 Å². The van der Waals surface area contributed by atoms with E-state index in [0.717, 1.165) is 16.9 Å². The van der Waals surface area contributed by atoms with Gasteiger partial charge in [0.15, 0.2) is 0 Å². The number of furan rings is 1. The van der Waals surface area contributed by atoms with E-state index in [4.69, 9.17) is 13.9 Å². The van der Waals surface area contributed by atoms with Crippen LogP contribution in [0.4, 0.5) is 0 Å². The monoisotopic (exact) mass is 413 g/mol. The van der Waals surface area contributed by atoms with E-state index in [0.29, 0.717) is 41.6 Å². The highest BCUT2D eigenvalue weighted by atomic mass is 16.5. The second-order valence-electron chi connectivity index (χ2n) is 7.03. The van der Waals surface area contributed by atoms with Gasteiger partial charge in [0.05, 0.1) is 26.0 Å². The molecule has 0 radical (unpaired) electrons. The molecule has 3 aromatic rings. The van der Waals surface area contributed by atoms with Crippen LogP contribution in [0.15, 0.2) is 34.7 Å². The third kappa shape index (κ3) is 4.49. The number of nitrogens with one attached hydrogen (secondary N) is 1. The topological polar surface area (TPSA) is 98.8 Å². The van der Waals surface area contributed by atoms with Crippen LogP contribution in [0.25, 0.3) is 11.3 Å². The summed E-state index contributed by atoms with van der Waals surface area (Å²) in [6.07, 6.45) is -0.328. The van der Waals surface area contributed by atoms with Gasteiger partial charge in [-0.2, -0.15) is 5.10 Å². The lowest BCUT2D eigenvalue weighted by Gasteiger charge is -2.10. The number of ether oxygens (including phenoxy) is 2. The van der Waals surface area contributed by atoms with Gasteiger partial charge in [0, 0.05) is 24.7 Å². The first kappa shape index (κ1) is 21.4. The first-order valence-electron chi connectivity index (χ1n) is 9.63. The number of methoxy groups -OCH3 is 2. The Hall–Kier alpha value is -3.26. The van der Waals surface area contributed by atoms with Crippen LogP contribution in [-0.2, 0) is 7.05 Å². The van der Waals surface area contributed by atoms with Crippen LogP contribution in [0.3, 0.4) is 0 Å². The molecule has 0 bridgehead atoms. The van der Waals surface area contributed by atoms with Crippen LogP contribution in [0.5, 0.6) is 11.5 Å². The molecular weight excluding hydrogens is 386 g/mol. The predicted octanol–water partition coefficient (Wildman–Crippen LogP) is 3.17. The van der Waals surface area contributed by atoms with Crippen molar-refractivity contribution in [2.45, 2.75) is 26.4 Å². The molecule has 8 nitrogen and oxygen atoms in total. The molecule has 0 aliphatic carbocycles. The van der Waals surface area contributed by atoms with Gasteiger partial charge in [0.1, 0.15) is 28.7 Å². The molecule has 0 spiro atoms. The summed E-state index contributed by atoms with van der Waals surface area (Å²) in [4.78, 5) is 12.6. The molecular formula is C22H27N3O5. The normalized spacial score (nSPS) is 11.9. The van der Waals surface area contributed by atoms with Crippen LogP contribution in [0.1, 0.15) is 40.1 Å². The van der Waals surface area contributed by atoms with E-state index >= 15 is 0 Å². The Morgan fingerprint density at radius 2 is 2.00 bits per heavy atom. The second kappa shape index (κ2) is 9.04. The number of aliphatic hydroxyl groups excluding tert-OH is 1. The van der Waals surface area contributed by atoms with E-state index in [1.807, 2.05) is 26.0 Å². The Labute approximate surface area is 175 Å². The third-order valence-electron chi connectivity index (χ3n) is 4.94. The molecule has 0 fully saturated rings. The van der Waals surface area contributed by atoms with Gasteiger partial charge in [-0.25, -0.2) is 0 Å². The van der Waals surface area contributed by atoms with E-state index in [9.17, 15) is 9.90 Å². The van der Waals surface area contributed by atoms with Crippen LogP contribution in [0, 0.1) is 13.8 Å². The van der Waals surface area contributed by atoms with Gasteiger partial charge >= 0.3 is 0 Å². The summed E-state index contributed by atoms with van der Waals surface area (Å²) in [5.41, 5.74) is 2.48. The number of benzene rings is 1. The third-order valence-corrected chi connectivity index (χ3v) is 4.94. The maximum Gasteiger partial charge on any atom is 0.269 e. The van der Waals surface area contributed by atoms with Crippen molar-refractivity contribution in [1.29, 1.82) is 0 Å². The van der Waals surface area contributed by atoms with Crippen molar-refractivity contribution in [1.82, 2.24) is 15.1 Å². The number of aliphatic hydroxyl groups is 1. The minimum absolute atomic E-state index is 0.273. The van der Waals surface area contributed by atoms with Gasteiger partial charge in [-0.1, -0.05) is 0 Å². The molecule has 1 amide bonds. The molecule has 30 heavy (non-hydrogen) atoms. The SMILES string of the molecule is COc1ccc(OC)c(-c2cc(C(=O)NCCC(O)c3cc(C)oc3C)n(C)n2)c1. The molecule has 1 aromatic carbocycles. The minimum atomic E-state index is -0.703. The zero-order chi connectivity index (χ0) is 21.8. The number of rotatable bonds is 8. The molecule has 8 heteroatoms. The Bertz CT molecular complexity index is 1040. The molecule has 2 heterocycles. The van der Waals surface area contributed by atoms with Crippen LogP contribution in [-0.4, -0.2) is 41.6 Å². The first-order chi connectivity index (χ1) is 14.3. The maximum atomic E-state index is 12.6. The zero-order valence-corrected chi connectivity index (χ0v) is 17.9. The molecule has 0 saturated heterocycles. The van der Waals surface area contributed by atoms with Gasteiger partial charge in [-0.3, -0.25) is 9.48 Å². The van der Waals surface area contributed by atoms with Gasteiger partial charge in [-0.05, 0) is 50.6 Å². The van der Waals surface area contributed by atoms with Crippen LogP contribution >= 0.6 is 0 Å². The lowest BCUT2D eigenvalue weighted by molar-refractivity contribution is 0.0933. The van der Waals surface area contributed by atoms with Gasteiger partial charge < -0.3 is 24.3 Å². The summed E-state index contributed by atoms with van der Waals surface area (Å²) < 4.78 is 17.7. The Morgan fingerprint density at radius 3 is 2.63 bits per heavy atom. The van der Waals surface area contributed by atoms with E-state index in [1.54, 1.807) is 39.5 Å². The quantitative estimate of drug-likeness (QED) is 0.589. The number of hydrogen-bond donors (Lipinski definition) is 2. The number of carbonyl (C=O) groups excluding carboxylic acids is 1. The molecule has 160 valence electrons. The van der Waals surface area contributed by atoms with Gasteiger partial charge in [0.2, 0.25) is 0 Å². The second-order valence-corrected chi connectivity index (χ2v) is 7.03. The fourth-order valence-electron chi connectivity index (χ4n) is 3.38. The van der Waals surface area contributed by atoms with Crippen LogP contribution in [0.2, 0.25) is 0 Å². The number of aryl methyl sites for hydroxylation is 3. The molecule has 0 aliphatic rings. The molecule has 1 unspecified atom stereocenters. The van der Waals surface area contributed by atoms with E-state index in [2.05, 4.69) is 10.4 Å². The average molecular weight is 413 g/mol. The minimum Gasteiger partial charge on any atom is -0.497 e. The summed E-state index contributed by atoms with van der Waals surface area (Å²) in [5.74, 6) is 2.47. The van der Waals surface area contributed by atoms with Crippen molar-refractivity contribution in [3.63, 3.8) is 0 Å². The van der Waals surface area contributed by atoms with Gasteiger partial charge in [-0.15, -0.1) is 0 Å². The van der Waals surface area contributed by atoms with E-state index in [-0.39, 0.29) is 5.91 Å². The number of amides is 1. The number of carbonyl (C=O) groups is 1. The smallest absolute Gasteiger partial charge is 0.269 e. The first-order valence-corrected chi connectivity index (χ1v) is 9.63. The largest absolute Gasteiger partial charge is 0.497 e. The van der Waals surface area contributed by atoms with Crippen molar-refractivity contribution in [2.75, 3.05) is 20.8 Å². The lowest BCUT2D eigenvalue weighted by atomic mass is 10.1. The van der Waals surface area contributed by atoms with Crippen molar-refractivity contribution in [3.8, 4) is 22.8 Å². The van der Waals surface area contributed by atoms with Crippen molar-refractivity contribution in [2.24, 2.45) is 7.05 Å². The highest BCUT2D eigenvalue weighted by molar-refractivity contribution is 5.93. The van der Waals surface area contributed by atoms with E-state index in [1.165, 1.54) is 4.68 Å². The Kier molecular flexibility index (Phi) is 6.47. The van der Waals surface area contributed by atoms with E-state index < -0.39 is 6.10 Å². The summed E-state index contributed by atoms with van der Waals surface area (Å²) in [6.45, 7) is 3.96. The summed E-state index contributed by atoms with van der Waals surface area (Å²) in [7, 11) is 4.87. The Balaban J connectivity index is 1.69. The predicted molar refractivity (Wildman–Crippen MR) is 112 cm³/mol. The number of nitrogens with zero attached hydrogens (tertiary/aromatic N) is 2. The fraction of sp³-hybridized carbons (Fsp3) is 0.364. The molecule has 2 N–H and O–H groups in total. The number of aromatic nitrogens is 2. The van der Waals surface area contributed by atoms with Crippen molar-refractivity contribution < 1.29 is 23.8 Å². The molecule has 0 aliphatic heterocycles. The fourth-order valence-corrected chi connectivity index (χ4v) is 3.38. The average Bonchev–Trinajstić information content (AvgIpc) is 3.28. The molecule has 2 aromatic heterocycles. The van der Waals surface area contributed by atoms with Crippen LogP contribution < -0.4 is 14.8 Å². The summed E-state index contributed by atoms with van der Waals surface area (Å²) in [5, 5.41) is 17.6. The number of hydrogen-bond acceptors (Lipinski definition) is 6. The molecule has 1 atom stereocenters. The van der Waals surface area contributed by atoms with Crippen molar-refractivity contribution in [3.05, 3.63) is 53.1 Å². The maximum absolute atomic E-state index is 12.6.